The zero-order valence-electron chi connectivity index (χ0n) is 20.7. The van der Waals surface area contributed by atoms with E-state index in [-0.39, 0.29) is 11.7 Å². The van der Waals surface area contributed by atoms with Crippen LogP contribution >= 0.6 is 0 Å². The number of amides is 1. The third kappa shape index (κ3) is 4.96. The summed E-state index contributed by atoms with van der Waals surface area (Å²) in [6, 6.07) is 14.8. The molecule has 0 bridgehead atoms. The first kappa shape index (κ1) is 24.7. The Bertz CT molecular complexity index is 1520. The van der Waals surface area contributed by atoms with Gasteiger partial charge in [0.2, 0.25) is 5.95 Å². The van der Waals surface area contributed by atoms with E-state index in [0.717, 1.165) is 11.3 Å². The van der Waals surface area contributed by atoms with Crippen LogP contribution in [0, 0.1) is 5.82 Å². The number of carbonyl (C=O) groups is 2. The summed E-state index contributed by atoms with van der Waals surface area (Å²) in [6.07, 6.45) is 6.47. The van der Waals surface area contributed by atoms with Gasteiger partial charge in [-0.15, -0.1) is 0 Å². The van der Waals surface area contributed by atoms with Crippen molar-refractivity contribution in [3.05, 3.63) is 84.4 Å². The number of nitrogens with zero attached hydrogens (tertiary/aromatic N) is 4. The maximum atomic E-state index is 13.6. The minimum absolute atomic E-state index is 0.271. The number of methoxy groups -OCH3 is 1. The number of ether oxygens (including phenoxy) is 2. The molecule has 0 saturated carbocycles. The fraction of sp³-hybridized carbons (Fsp3) is 0.143. The quantitative estimate of drug-likeness (QED) is 0.233. The van der Waals surface area contributed by atoms with E-state index in [1.54, 1.807) is 58.4 Å². The second-order valence-corrected chi connectivity index (χ2v) is 8.42. The average Bonchev–Trinajstić information content (AvgIpc) is 3.32. The van der Waals surface area contributed by atoms with Gasteiger partial charge < -0.3 is 14.9 Å². The number of aromatic nitrogens is 3. The predicted octanol–water partition coefficient (Wildman–Crippen LogP) is 4.29. The lowest BCUT2D eigenvalue weighted by atomic mass is 10.1. The van der Waals surface area contributed by atoms with E-state index in [1.165, 1.54) is 32.2 Å². The number of hydrogen-bond acceptors (Lipinski definition) is 7. The van der Waals surface area contributed by atoms with Gasteiger partial charge in [-0.25, -0.2) is 14.1 Å². The number of fused-ring (bicyclic) bond motifs is 1. The van der Waals surface area contributed by atoms with Gasteiger partial charge in [0.15, 0.2) is 11.5 Å². The van der Waals surface area contributed by atoms with E-state index in [4.69, 9.17) is 14.5 Å². The Labute approximate surface area is 218 Å². The number of anilines is 1. The molecule has 0 radical (unpaired) electrons. The predicted molar refractivity (Wildman–Crippen MR) is 141 cm³/mol. The largest absolute Gasteiger partial charge is 0.493 e. The van der Waals surface area contributed by atoms with Crippen molar-refractivity contribution >= 4 is 23.9 Å². The van der Waals surface area contributed by atoms with Crippen LogP contribution in [0.1, 0.15) is 12.5 Å². The van der Waals surface area contributed by atoms with Crippen LogP contribution in [0.3, 0.4) is 0 Å². The highest BCUT2D eigenvalue weighted by Crippen LogP contribution is 2.36. The van der Waals surface area contributed by atoms with Crippen molar-refractivity contribution in [3.63, 3.8) is 0 Å². The number of nitrogens with one attached hydrogen (secondary N) is 1. The summed E-state index contributed by atoms with van der Waals surface area (Å²) in [4.78, 5) is 35.1. The molecule has 10 heteroatoms. The van der Waals surface area contributed by atoms with Gasteiger partial charge in [-0.2, -0.15) is 0 Å². The molecule has 2 aromatic carbocycles. The summed E-state index contributed by atoms with van der Waals surface area (Å²) in [6.45, 7) is 2.20. The van der Waals surface area contributed by atoms with Crippen molar-refractivity contribution < 1.29 is 23.5 Å². The van der Waals surface area contributed by atoms with Crippen molar-refractivity contribution in [2.75, 3.05) is 30.5 Å². The maximum Gasteiger partial charge on any atom is 0.308 e. The summed E-state index contributed by atoms with van der Waals surface area (Å²) >= 11 is 0. The van der Waals surface area contributed by atoms with E-state index in [9.17, 15) is 14.0 Å². The van der Waals surface area contributed by atoms with Crippen molar-refractivity contribution in [1.82, 2.24) is 14.6 Å². The van der Waals surface area contributed by atoms with Crippen molar-refractivity contribution in [1.29, 1.82) is 0 Å². The van der Waals surface area contributed by atoms with E-state index in [0.29, 0.717) is 47.4 Å². The molecule has 192 valence electrons. The van der Waals surface area contributed by atoms with Gasteiger partial charge in [-0.1, -0.05) is 6.07 Å². The first-order valence-corrected chi connectivity index (χ1v) is 11.8. The fourth-order valence-corrected chi connectivity index (χ4v) is 4.19. The molecule has 2 aromatic heterocycles. The minimum atomic E-state index is -0.456. The Morgan fingerprint density at radius 3 is 2.50 bits per heavy atom. The first-order valence-electron chi connectivity index (χ1n) is 11.8. The van der Waals surface area contributed by atoms with Crippen molar-refractivity contribution in [2.24, 2.45) is 0 Å². The fourth-order valence-electron chi connectivity index (χ4n) is 4.19. The Balaban J connectivity index is 1.49. The van der Waals surface area contributed by atoms with Crippen LogP contribution in [-0.2, 0) is 9.59 Å². The second kappa shape index (κ2) is 10.6. The third-order valence-electron chi connectivity index (χ3n) is 5.90. The summed E-state index contributed by atoms with van der Waals surface area (Å²) in [5.74, 6) is 0.0125. The monoisotopic (exact) mass is 513 g/mol. The number of halogens is 1. The molecule has 1 N–H and O–H groups in total. The number of rotatable bonds is 6. The van der Waals surface area contributed by atoms with Gasteiger partial charge >= 0.3 is 5.97 Å². The molecular formula is C28H24FN5O4. The SMILES string of the molecule is COc1cc(/C=C/C(=O)N2CCNn3c2nc(-c2ccc(F)cc2)c3-c2ccncc2)ccc1OC(C)=O. The molecule has 5 rings (SSSR count). The van der Waals surface area contributed by atoms with E-state index >= 15 is 0 Å². The number of pyridine rings is 1. The van der Waals surface area contributed by atoms with Crippen molar-refractivity contribution in [3.8, 4) is 34.0 Å². The molecule has 4 aromatic rings. The van der Waals surface area contributed by atoms with Crippen LogP contribution in [0.5, 0.6) is 11.5 Å². The number of benzene rings is 2. The topological polar surface area (TPSA) is 98.6 Å². The lowest BCUT2D eigenvalue weighted by Gasteiger charge is -2.28. The van der Waals surface area contributed by atoms with Crippen LogP contribution < -0.4 is 19.8 Å². The highest BCUT2D eigenvalue weighted by Gasteiger charge is 2.29. The third-order valence-corrected chi connectivity index (χ3v) is 5.90. The lowest BCUT2D eigenvalue weighted by molar-refractivity contribution is -0.132. The lowest BCUT2D eigenvalue weighted by Crippen LogP contribution is -2.43. The molecule has 1 amide bonds. The molecule has 0 saturated heterocycles. The van der Waals surface area contributed by atoms with Gasteiger partial charge in [0.1, 0.15) is 11.5 Å². The van der Waals surface area contributed by atoms with Crippen LogP contribution in [0.15, 0.2) is 73.1 Å². The van der Waals surface area contributed by atoms with Gasteiger partial charge in [-0.05, 0) is 60.2 Å². The summed E-state index contributed by atoms with van der Waals surface area (Å²) < 4.78 is 25.9. The number of imidazole rings is 1. The Morgan fingerprint density at radius 1 is 1.03 bits per heavy atom. The molecule has 0 spiro atoms. The normalized spacial score (nSPS) is 12.7. The highest BCUT2D eigenvalue weighted by atomic mass is 19.1. The number of esters is 1. The maximum absolute atomic E-state index is 13.6. The van der Waals surface area contributed by atoms with Crippen LogP contribution in [0.25, 0.3) is 28.6 Å². The molecule has 38 heavy (non-hydrogen) atoms. The molecule has 0 fully saturated rings. The molecule has 3 heterocycles. The Kier molecular flexibility index (Phi) is 6.86. The average molecular weight is 514 g/mol. The Hall–Kier alpha value is -4.99. The molecule has 1 aliphatic rings. The van der Waals surface area contributed by atoms with Gasteiger partial charge in [0, 0.05) is 49.6 Å². The molecule has 9 nitrogen and oxygen atoms in total. The summed E-state index contributed by atoms with van der Waals surface area (Å²) in [5.41, 5.74) is 6.90. The van der Waals surface area contributed by atoms with Gasteiger partial charge in [0.25, 0.3) is 5.91 Å². The van der Waals surface area contributed by atoms with Crippen molar-refractivity contribution in [2.45, 2.75) is 6.92 Å². The molecular weight excluding hydrogens is 489 g/mol. The van der Waals surface area contributed by atoms with Gasteiger partial charge in [-0.3, -0.25) is 19.5 Å². The number of hydrogen-bond donors (Lipinski definition) is 1. The van der Waals surface area contributed by atoms with E-state index in [2.05, 4.69) is 10.4 Å². The molecule has 0 unspecified atom stereocenters. The van der Waals surface area contributed by atoms with E-state index in [1.807, 2.05) is 12.1 Å². The van der Waals surface area contributed by atoms with Crippen LogP contribution in [-0.4, -0.2) is 46.7 Å². The summed E-state index contributed by atoms with van der Waals surface area (Å²) in [5, 5.41) is 0. The molecule has 0 atom stereocenters. The van der Waals surface area contributed by atoms with E-state index < -0.39 is 5.97 Å². The standard InChI is InChI=1S/C28H24FN5O4/c1-18(35)38-23-9-3-19(17-24(23)37-2)4-10-25(36)33-16-15-31-34-27(21-11-13-30-14-12-21)26(32-28(33)34)20-5-7-22(29)8-6-20/h3-14,17,31H,15-16H2,1-2H3/b10-4+. The smallest absolute Gasteiger partial charge is 0.308 e. The first-order chi connectivity index (χ1) is 18.4. The van der Waals surface area contributed by atoms with Crippen LogP contribution in [0.2, 0.25) is 0 Å². The highest BCUT2D eigenvalue weighted by molar-refractivity contribution is 6.04. The molecule has 0 aliphatic carbocycles. The zero-order valence-corrected chi connectivity index (χ0v) is 20.7. The minimum Gasteiger partial charge on any atom is -0.493 e. The van der Waals surface area contributed by atoms with Gasteiger partial charge in [0.05, 0.1) is 12.8 Å². The number of carbonyl (C=O) groups excluding carboxylic acids is 2. The Morgan fingerprint density at radius 2 is 1.79 bits per heavy atom. The zero-order chi connectivity index (χ0) is 26.6. The second-order valence-electron chi connectivity index (χ2n) is 8.42. The molecule has 1 aliphatic heterocycles. The summed E-state index contributed by atoms with van der Waals surface area (Å²) in [7, 11) is 1.47. The van der Waals surface area contributed by atoms with Crippen LogP contribution in [0.4, 0.5) is 10.3 Å².